The fourth-order valence-corrected chi connectivity index (χ4v) is 3.08. The molecule has 0 aliphatic carbocycles. The first-order chi connectivity index (χ1) is 9.38. The summed E-state index contributed by atoms with van der Waals surface area (Å²) in [6, 6.07) is 0. The van der Waals surface area contributed by atoms with Gasteiger partial charge in [-0.3, -0.25) is 5.32 Å². The number of hydrogen-bond donors (Lipinski definition) is 2. The summed E-state index contributed by atoms with van der Waals surface area (Å²) in [6.45, 7) is 0.783. The lowest BCUT2D eigenvalue weighted by molar-refractivity contribution is -0.206. The quantitative estimate of drug-likeness (QED) is 0.772. The molecule has 2 atom stereocenters. The zero-order valence-corrected chi connectivity index (χ0v) is 12.6. The molecule has 6 nitrogen and oxygen atoms in total. The maximum Gasteiger partial charge on any atom is 0.417 e. The van der Waals surface area contributed by atoms with E-state index in [4.69, 9.17) is 5.11 Å². The molecule has 2 N–H and O–H groups in total. The second-order valence-corrected chi connectivity index (χ2v) is 7.42. The van der Waals surface area contributed by atoms with Crippen LogP contribution < -0.4 is 5.32 Å². The third-order valence-electron chi connectivity index (χ3n) is 3.69. The fraction of sp³-hybridized carbons (Fsp3) is 0.909. The van der Waals surface area contributed by atoms with Crippen molar-refractivity contribution >= 4 is 16.0 Å². The molecular weight excluding hydrogens is 313 g/mol. The lowest BCUT2D eigenvalue weighted by Crippen LogP contribution is -2.61. The molecule has 0 saturated carbocycles. The van der Waals surface area contributed by atoms with Gasteiger partial charge in [-0.15, -0.1) is 0 Å². The van der Waals surface area contributed by atoms with Crippen LogP contribution in [0.5, 0.6) is 0 Å². The predicted molar refractivity (Wildman–Crippen MR) is 69.2 cm³/mol. The minimum Gasteiger partial charge on any atom is -0.480 e. The van der Waals surface area contributed by atoms with Crippen molar-refractivity contribution in [1.29, 1.82) is 0 Å². The number of hydrogen-bond acceptors (Lipinski definition) is 4. The van der Waals surface area contributed by atoms with E-state index in [-0.39, 0.29) is 19.0 Å². The number of alkyl halides is 3. The van der Waals surface area contributed by atoms with Gasteiger partial charge in [-0.1, -0.05) is 0 Å². The van der Waals surface area contributed by atoms with Crippen LogP contribution in [0.1, 0.15) is 19.8 Å². The summed E-state index contributed by atoms with van der Waals surface area (Å²) in [6.07, 6.45) is -2.81. The molecule has 0 radical (unpaired) electrons. The standard InChI is InChI=1S/C11H19F3N2O4S/c1-10(9(17)18,11(12,13)14)15-6-8-4-3-5-16(7-8)21(2,19)20/h8,15H,3-7H2,1-2H3,(H,17,18). The maximum absolute atomic E-state index is 12.8. The molecule has 21 heavy (non-hydrogen) atoms. The number of carbonyl (C=O) groups is 1. The van der Waals surface area contributed by atoms with Gasteiger partial charge < -0.3 is 5.11 Å². The molecule has 1 heterocycles. The molecule has 0 aromatic rings. The Labute approximate surface area is 121 Å². The Balaban J connectivity index is 2.71. The third kappa shape index (κ3) is 4.30. The van der Waals surface area contributed by atoms with Gasteiger partial charge in [0.2, 0.25) is 15.6 Å². The number of nitrogens with zero attached hydrogens (tertiary/aromatic N) is 1. The van der Waals surface area contributed by atoms with Crippen LogP contribution in [0.4, 0.5) is 13.2 Å². The zero-order valence-electron chi connectivity index (χ0n) is 11.8. The van der Waals surface area contributed by atoms with E-state index in [1.807, 2.05) is 5.32 Å². The van der Waals surface area contributed by atoms with Crippen LogP contribution in [-0.2, 0) is 14.8 Å². The molecule has 2 unspecified atom stereocenters. The molecule has 0 amide bonds. The average molecular weight is 332 g/mol. The summed E-state index contributed by atoms with van der Waals surface area (Å²) in [5.41, 5.74) is -3.04. The van der Waals surface area contributed by atoms with E-state index in [2.05, 4.69) is 0 Å². The topological polar surface area (TPSA) is 86.7 Å². The Morgan fingerprint density at radius 1 is 1.43 bits per heavy atom. The summed E-state index contributed by atoms with van der Waals surface area (Å²) in [5.74, 6) is -2.36. The Hall–Kier alpha value is -0.870. The summed E-state index contributed by atoms with van der Waals surface area (Å²) in [7, 11) is -3.39. The number of halogens is 3. The van der Waals surface area contributed by atoms with Crippen molar-refractivity contribution in [1.82, 2.24) is 9.62 Å². The van der Waals surface area contributed by atoms with Gasteiger partial charge >= 0.3 is 12.1 Å². The minimum absolute atomic E-state index is 0.0966. The second-order valence-electron chi connectivity index (χ2n) is 5.44. The number of carboxylic acids is 1. The van der Waals surface area contributed by atoms with E-state index in [9.17, 15) is 26.4 Å². The molecule has 10 heteroatoms. The van der Waals surface area contributed by atoms with Gasteiger partial charge in [-0.25, -0.2) is 17.5 Å². The second kappa shape index (κ2) is 6.09. The monoisotopic (exact) mass is 332 g/mol. The highest BCUT2D eigenvalue weighted by atomic mass is 32.2. The highest BCUT2D eigenvalue weighted by Gasteiger charge is 2.57. The van der Waals surface area contributed by atoms with Crippen molar-refractivity contribution in [3.05, 3.63) is 0 Å². The largest absolute Gasteiger partial charge is 0.480 e. The summed E-state index contributed by atoms with van der Waals surface area (Å²) >= 11 is 0. The Morgan fingerprint density at radius 2 is 2.00 bits per heavy atom. The van der Waals surface area contributed by atoms with Crippen molar-refractivity contribution in [2.75, 3.05) is 25.9 Å². The first-order valence-electron chi connectivity index (χ1n) is 6.38. The first-order valence-corrected chi connectivity index (χ1v) is 8.23. The molecule has 0 aromatic heterocycles. The first kappa shape index (κ1) is 18.2. The maximum atomic E-state index is 12.8. The fourth-order valence-electron chi connectivity index (χ4n) is 2.14. The van der Waals surface area contributed by atoms with Gasteiger partial charge in [0.1, 0.15) is 0 Å². The lowest BCUT2D eigenvalue weighted by Gasteiger charge is -2.34. The Kier molecular flexibility index (Phi) is 5.27. The van der Waals surface area contributed by atoms with Crippen molar-refractivity contribution < 1.29 is 31.5 Å². The molecule has 0 aromatic carbocycles. The highest BCUT2D eigenvalue weighted by molar-refractivity contribution is 7.88. The smallest absolute Gasteiger partial charge is 0.417 e. The van der Waals surface area contributed by atoms with E-state index >= 15 is 0 Å². The molecule has 1 fully saturated rings. The Bertz CT molecular complexity index is 494. The van der Waals surface area contributed by atoms with Crippen LogP contribution in [0.3, 0.4) is 0 Å². The molecule has 1 saturated heterocycles. The number of aliphatic carboxylic acids is 1. The van der Waals surface area contributed by atoms with Crippen LogP contribution in [0, 0.1) is 5.92 Å². The molecular formula is C11H19F3N2O4S. The third-order valence-corrected chi connectivity index (χ3v) is 4.96. The molecule has 124 valence electrons. The summed E-state index contributed by atoms with van der Waals surface area (Å²) in [5, 5.41) is 10.8. The molecule has 1 aliphatic heterocycles. The van der Waals surface area contributed by atoms with E-state index in [1.54, 1.807) is 0 Å². The number of sulfonamides is 1. The molecule has 1 aliphatic rings. The molecule has 1 rings (SSSR count). The predicted octanol–water partition coefficient (Wildman–Crippen LogP) is 0.653. The minimum atomic E-state index is -4.94. The number of carboxylic acid groups (broad SMARTS) is 1. The van der Waals surface area contributed by atoms with Crippen molar-refractivity contribution in [2.24, 2.45) is 5.92 Å². The van der Waals surface area contributed by atoms with Gasteiger partial charge in [-0.05, 0) is 25.7 Å². The van der Waals surface area contributed by atoms with Gasteiger partial charge in [0.15, 0.2) is 0 Å². The van der Waals surface area contributed by atoms with Crippen LogP contribution in [0.25, 0.3) is 0 Å². The van der Waals surface area contributed by atoms with E-state index in [0.29, 0.717) is 26.3 Å². The van der Waals surface area contributed by atoms with E-state index in [0.717, 1.165) is 6.26 Å². The van der Waals surface area contributed by atoms with Gasteiger partial charge in [0.25, 0.3) is 0 Å². The summed E-state index contributed by atoms with van der Waals surface area (Å²) in [4.78, 5) is 10.9. The van der Waals surface area contributed by atoms with Crippen molar-refractivity contribution in [3.8, 4) is 0 Å². The van der Waals surface area contributed by atoms with Gasteiger partial charge in [0, 0.05) is 19.6 Å². The van der Waals surface area contributed by atoms with E-state index in [1.165, 1.54) is 4.31 Å². The van der Waals surface area contributed by atoms with Gasteiger partial charge in [-0.2, -0.15) is 13.2 Å². The SMILES string of the molecule is CC(NCC1CCCN(S(C)(=O)=O)C1)(C(=O)O)C(F)(F)F. The summed E-state index contributed by atoms with van der Waals surface area (Å²) < 4.78 is 62.5. The lowest BCUT2D eigenvalue weighted by atomic mass is 9.96. The van der Waals surface area contributed by atoms with Crippen LogP contribution in [0.15, 0.2) is 0 Å². The normalized spacial score (nSPS) is 24.5. The number of rotatable bonds is 5. The Morgan fingerprint density at radius 3 is 2.43 bits per heavy atom. The highest BCUT2D eigenvalue weighted by Crippen LogP contribution is 2.31. The van der Waals surface area contributed by atoms with E-state index < -0.39 is 27.7 Å². The number of piperidine rings is 1. The number of nitrogens with one attached hydrogen (secondary N) is 1. The average Bonchev–Trinajstić information content (AvgIpc) is 2.33. The van der Waals surface area contributed by atoms with Crippen LogP contribution in [-0.4, -0.2) is 61.4 Å². The van der Waals surface area contributed by atoms with Crippen LogP contribution >= 0.6 is 0 Å². The zero-order chi connectivity index (χ0) is 16.5. The van der Waals surface area contributed by atoms with Crippen molar-refractivity contribution in [2.45, 2.75) is 31.5 Å². The molecule has 0 spiro atoms. The van der Waals surface area contributed by atoms with Crippen molar-refractivity contribution in [3.63, 3.8) is 0 Å². The molecule has 0 bridgehead atoms. The van der Waals surface area contributed by atoms with Gasteiger partial charge in [0.05, 0.1) is 6.26 Å². The van der Waals surface area contributed by atoms with Crippen LogP contribution in [0.2, 0.25) is 0 Å².